The number of ether oxygens (including phenoxy) is 1. The van der Waals surface area contributed by atoms with Crippen LogP contribution in [0.25, 0.3) is 0 Å². The minimum absolute atomic E-state index is 0.205. The largest absolute Gasteiger partial charge is 0.380 e. The van der Waals surface area contributed by atoms with Gasteiger partial charge in [-0.05, 0) is 31.0 Å². The smallest absolute Gasteiger partial charge is 0.225 e. The van der Waals surface area contributed by atoms with Crippen LogP contribution in [0.2, 0.25) is 0 Å². The molecule has 0 N–H and O–H groups in total. The van der Waals surface area contributed by atoms with Crippen molar-refractivity contribution in [1.82, 2.24) is 14.9 Å². The molecule has 0 bridgehead atoms. The predicted molar refractivity (Wildman–Crippen MR) is 101 cm³/mol. The summed E-state index contributed by atoms with van der Waals surface area (Å²) in [5, 5.41) is 0. The van der Waals surface area contributed by atoms with Crippen LogP contribution in [0.1, 0.15) is 18.4 Å². The zero-order valence-electron chi connectivity index (χ0n) is 15.1. The number of anilines is 1. The van der Waals surface area contributed by atoms with Gasteiger partial charge in [-0.1, -0.05) is 30.3 Å². The van der Waals surface area contributed by atoms with Crippen LogP contribution >= 0.6 is 0 Å². The van der Waals surface area contributed by atoms with Crippen LogP contribution in [0.3, 0.4) is 0 Å². The van der Waals surface area contributed by atoms with Gasteiger partial charge >= 0.3 is 0 Å². The average molecular weight is 350 g/mol. The molecule has 3 aliphatic heterocycles. The van der Waals surface area contributed by atoms with E-state index >= 15 is 0 Å². The molecule has 26 heavy (non-hydrogen) atoms. The highest BCUT2D eigenvalue weighted by molar-refractivity contribution is 5.41. The number of piperidine rings is 1. The van der Waals surface area contributed by atoms with Gasteiger partial charge in [0.1, 0.15) is 0 Å². The maximum absolute atomic E-state index is 5.65. The highest BCUT2D eigenvalue weighted by Crippen LogP contribution is 2.46. The van der Waals surface area contributed by atoms with Crippen LogP contribution < -0.4 is 4.90 Å². The lowest BCUT2D eigenvalue weighted by Crippen LogP contribution is -2.52. The van der Waals surface area contributed by atoms with Gasteiger partial charge in [0.25, 0.3) is 0 Å². The van der Waals surface area contributed by atoms with E-state index in [0.717, 1.165) is 45.3 Å². The van der Waals surface area contributed by atoms with Gasteiger partial charge in [0.15, 0.2) is 0 Å². The van der Waals surface area contributed by atoms with E-state index in [1.54, 1.807) is 0 Å². The Hall–Kier alpha value is -1.98. The summed E-state index contributed by atoms with van der Waals surface area (Å²) in [6.45, 7) is 6.16. The minimum atomic E-state index is 0.205. The monoisotopic (exact) mass is 350 g/mol. The number of benzene rings is 1. The summed E-state index contributed by atoms with van der Waals surface area (Å²) in [4.78, 5) is 14.1. The zero-order chi connectivity index (χ0) is 17.4. The molecule has 0 aliphatic carbocycles. The molecular formula is C21H26N4O. The van der Waals surface area contributed by atoms with E-state index in [2.05, 4.69) is 50.1 Å². The molecule has 5 heteroatoms. The van der Waals surface area contributed by atoms with Crippen molar-refractivity contribution in [2.75, 3.05) is 44.3 Å². The molecule has 4 heterocycles. The molecular weight excluding hydrogens is 324 g/mol. The first kappa shape index (κ1) is 16.2. The maximum atomic E-state index is 5.65. The Morgan fingerprint density at radius 3 is 2.65 bits per heavy atom. The molecule has 0 spiro atoms. The van der Waals surface area contributed by atoms with Crippen molar-refractivity contribution >= 4 is 5.95 Å². The van der Waals surface area contributed by atoms with Gasteiger partial charge in [0, 0.05) is 56.0 Å². The van der Waals surface area contributed by atoms with Gasteiger partial charge < -0.3 is 9.64 Å². The Morgan fingerprint density at radius 1 is 1.04 bits per heavy atom. The van der Waals surface area contributed by atoms with Crippen molar-refractivity contribution in [3.63, 3.8) is 0 Å². The van der Waals surface area contributed by atoms with Gasteiger partial charge in [-0.3, -0.25) is 4.90 Å². The Bertz CT molecular complexity index is 734. The minimum Gasteiger partial charge on any atom is -0.380 e. The summed E-state index contributed by atoms with van der Waals surface area (Å²) in [5.41, 5.74) is 1.68. The van der Waals surface area contributed by atoms with Crippen LogP contribution in [0, 0.1) is 5.92 Å². The standard InChI is InChI=1S/C21H26N4O/c1-2-5-17(6-3-1)21-8-11-24(19-7-12-26-15-19)13-18(21)14-25(16-21)20-22-9-4-10-23-20/h1-6,9-10,18-19H,7-8,11-16H2/t18-,19?,21+/m1/s1. The molecule has 2 aromatic rings. The van der Waals surface area contributed by atoms with E-state index in [9.17, 15) is 0 Å². The second kappa shape index (κ2) is 6.63. The quantitative estimate of drug-likeness (QED) is 0.850. The Morgan fingerprint density at radius 2 is 1.88 bits per heavy atom. The lowest BCUT2D eigenvalue weighted by atomic mass is 9.67. The lowest BCUT2D eigenvalue weighted by molar-refractivity contribution is 0.0740. The molecule has 3 saturated heterocycles. The SMILES string of the molecule is c1ccc([C@@]23CCN(C4CCOC4)C[C@@H]2CN(c2ncccn2)C3)cc1. The van der Waals surface area contributed by atoms with Crippen molar-refractivity contribution in [2.24, 2.45) is 5.92 Å². The molecule has 5 nitrogen and oxygen atoms in total. The number of fused-ring (bicyclic) bond motifs is 1. The second-order valence-corrected chi connectivity index (χ2v) is 7.91. The molecule has 136 valence electrons. The highest BCUT2D eigenvalue weighted by atomic mass is 16.5. The van der Waals surface area contributed by atoms with E-state index in [-0.39, 0.29) is 5.41 Å². The van der Waals surface area contributed by atoms with Crippen LogP contribution in [-0.4, -0.2) is 60.3 Å². The van der Waals surface area contributed by atoms with E-state index in [1.165, 1.54) is 18.4 Å². The fraction of sp³-hybridized carbons (Fsp3) is 0.524. The van der Waals surface area contributed by atoms with Crippen molar-refractivity contribution in [3.8, 4) is 0 Å². The lowest BCUT2D eigenvalue weighted by Gasteiger charge is -2.45. The third-order valence-corrected chi connectivity index (χ3v) is 6.60. The zero-order valence-corrected chi connectivity index (χ0v) is 15.1. The van der Waals surface area contributed by atoms with E-state index in [4.69, 9.17) is 4.74 Å². The molecule has 1 aromatic carbocycles. The third-order valence-electron chi connectivity index (χ3n) is 6.60. The molecule has 1 unspecified atom stereocenters. The van der Waals surface area contributed by atoms with Crippen LogP contribution in [-0.2, 0) is 10.2 Å². The fourth-order valence-electron chi connectivity index (χ4n) is 5.20. The van der Waals surface area contributed by atoms with Gasteiger partial charge in [-0.15, -0.1) is 0 Å². The number of hydrogen-bond acceptors (Lipinski definition) is 5. The van der Waals surface area contributed by atoms with Crippen molar-refractivity contribution < 1.29 is 4.74 Å². The topological polar surface area (TPSA) is 41.5 Å². The van der Waals surface area contributed by atoms with Gasteiger partial charge in [-0.2, -0.15) is 0 Å². The highest BCUT2D eigenvalue weighted by Gasteiger charge is 2.51. The molecule has 5 rings (SSSR count). The van der Waals surface area contributed by atoms with Crippen molar-refractivity contribution in [2.45, 2.75) is 24.3 Å². The number of nitrogens with zero attached hydrogens (tertiary/aromatic N) is 4. The summed E-state index contributed by atoms with van der Waals surface area (Å²) in [6, 6.07) is 13.6. The summed E-state index contributed by atoms with van der Waals surface area (Å²) in [7, 11) is 0. The third kappa shape index (κ3) is 2.70. The van der Waals surface area contributed by atoms with Crippen LogP contribution in [0.4, 0.5) is 5.95 Å². The average Bonchev–Trinajstić information content (AvgIpc) is 3.37. The molecule has 0 amide bonds. The molecule has 0 saturated carbocycles. The Kier molecular flexibility index (Phi) is 4.14. The maximum Gasteiger partial charge on any atom is 0.225 e. The molecule has 1 aromatic heterocycles. The number of rotatable bonds is 3. The van der Waals surface area contributed by atoms with Crippen molar-refractivity contribution in [3.05, 3.63) is 54.4 Å². The van der Waals surface area contributed by atoms with E-state index < -0.39 is 0 Å². The number of hydrogen-bond donors (Lipinski definition) is 0. The Labute approximate surface area is 155 Å². The summed E-state index contributed by atoms with van der Waals surface area (Å²) < 4.78 is 5.65. The summed E-state index contributed by atoms with van der Waals surface area (Å²) >= 11 is 0. The first-order valence-corrected chi connectivity index (χ1v) is 9.74. The fourth-order valence-corrected chi connectivity index (χ4v) is 5.20. The van der Waals surface area contributed by atoms with Gasteiger partial charge in [0.05, 0.1) is 6.61 Å². The van der Waals surface area contributed by atoms with E-state index in [0.29, 0.717) is 12.0 Å². The molecule has 0 radical (unpaired) electrons. The van der Waals surface area contributed by atoms with Crippen LogP contribution in [0.5, 0.6) is 0 Å². The normalized spacial score (nSPS) is 31.9. The molecule has 3 fully saturated rings. The second-order valence-electron chi connectivity index (χ2n) is 7.91. The first-order chi connectivity index (χ1) is 12.9. The summed E-state index contributed by atoms with van der Waals surface area (Å²) in [6.07, 6.45) is 6.07. The predicted octanol–water partition coefficient (Wildman–Crippen LogP) is 2.35. The number of likely N-dealkylation sites (tertiary alicyclic amines) is 1. The molecule has 3 aliphatic rings. The summed E-state index contributed by atoms with van der Waals surface area (Å²) in [5.74, 6) is 1.47. The van der Waals surface area contributed by atoms with Gasteiger partial charge in [0.2, 0.25) is 5.95 Å². The molecule has 3 atom stereocenters. The Balaban J connectivity index is 1.46. The van der Waals surface area contributed by atoms with Gasteiger partial charge in [-0.25, -0.2) is 9.97 Å². The van der Waals surface area contributed by atoms with Crippen LogP contribution in [0.15, 0.2) is 48.8 Å². The van der Waals surface area contributed by atoms with E-state index in [1.807, 2.05) is 18.5 Å². The first-order valence-electron chi connectivity index (χ1n) is 9.74. The number of aromatic nitrogens is 2. The van der Waals surface area contributed by atoms with Crippen molar-refractivity contribution in [1.29, 1.82) is 0 Å².